The number of unbranched alkanes of at least 4 members (excludes halogenated alkanes) is 31. The summed E-state index contributed by atoms with van der Waals surface area (Å²) in [6.45, 7) is 6.49. The topological polar surface area (TPSA) is 78.9 Å². The number of hydrogen-bond acceptors (Lipinski definition) is 6. The van der Waals surface area contributed by atoms with Crippen LogP contribution in [0.3, 0.4) is 0 Å². The van der Waals surface area contributed by atoms with E-state index in [1.54, 1.807) is 0 Å². The molecule has 0 aromatic carbocycles. The summed E-state index contributed by atoms with van der Waals surface area (Å²) in [5.74, 6) is -0.888. The summed E-state index contributed by atoms with van der Waals surface area (Å²) in [6.07, 6.45) is 80.4. The summed E-state index contributed by atoms with van der Waals surface area (Å²) < 4.78 is 16.8. The molecule has 6 nitrogen and oxygen atoms in total. The summed E-state index contributed by atoms with van der Waals surface area (Å²) in [5, 5.41) is 0. The number of rotatable bonds is 56. The fourth-order valence-corrected chi connectivity index (χ4v) is 8.74. The van der Waals surface area contributed by atoms with E-state index in [9.17, 15) is 14.4 Å². The van der Waals surface area contributed by atoms with Gasteiger partial charge in [-0.3, -0.25) is 14.4 Å². The Morgan fingerprint density at radius 3 is 0.849 bits per heavy atom. The number of carbonyl (C=O) groups excluding carboxylic acids is 3. The van der Waals surface area contributed by atoms with E-state index in [0.717, 1.165) is 116 Å². The molecule has 0 saturated carbocycles. The minimum Gasteiger partial charge on any atom is -0.462 e. The minimum atomic E-state index is -0.780. The average Bonchev–Trinajstić information content (AvgIpc) is 3.39. The number of ether oxygens (including phenoxy) is 3. The molecule has 0 saturated heterocycles. The maximum absolute atomic E-state index is 12.8. The second kappa shape index (κ2) is 61.1. The van der Waals surface area contributed by atoms with Gasteiger partial charge in [0.25, 0.3) is 0 Å². The lowest BCUT2D eigenvalue weighted by Crippen LogP contribution is -2.30. The first kappa shape index (κ1) is 69.6. The van der Waals surface area contributed by atoms with Crippen molar-refractivity contribution in [2.75, 3.05) is 13.2 Å². The summed E-state index contributed by atoms with van der Waals surface area (Å²) in [6, 6.07) is 0. The third kappa shape index (κ3) is 59.3. The molecule has 1 unspecified atom stereocenters. The van der Waals surface area contributed by atoms with Crippen LogP contribution in [0.25, 0.3) is 0 Å². The van der Waals surface area contributed by atoms with Gasteiger partial charge in [-0.2, -0.15) is 0 Å². The summed E-state index contributed by atoms with van der Waals surface area (Å²) in [7, 11) is 0. The van der Waals surface area contributed by atoms with Gasteiger partial charge in [-0.1, -0.05) is 273 Å². The van der Waals surface area contributed by atoms with Crippen molar-refractivity contribution in [1.82, 2.24) is 0 Å². The van der Waals surface area contributed by atoms with E-state index < -0.39 is 6.10 Å². The molecule has 0 aliphatic rings. The Labute approximate surface area is 452 Å². The Balaban J connectivity index is 4.10. The molecule has 0 rings (SSSR count). The van der Waals surface area contributed by atoms with Gasteiger partial charge < -0.3 is 14.2 Å². The third-order valence-corrected chi connectivity index (χ3v) is 13.4. The summed E-state index contributed by atoms with van der Waals surface area (Å²) >= 11 is 0. The van der Waals surface area contributed by atoms with E-state index in [1.807, 2.05) is 0 Å². The van der Waals surface area contributed by atoms with Gasteiger partial charge in [-0.05, 0) is 96.3 Å². The van der Waals surface area contributed by atoms with E-state index in [-0.39, 0.29) is 31.1 Å². The Kier molecular flexibility index (Phi) is 58.3. The molecule has 0 aromatic heterocycles. The monoisotopic (exact) mass is 1020 g/mol. The SMILES string of the molecule is CC/C=C\C/C=C\C/C=C\C/C=C\C/C=C\CCCCCCCCCCCCCCCCCC(=O)OCC(COC(=O)CCCCCCCCCC)OC(=O)CCCCCCC/C=C\C/C=C\CCCCCC. The first-order chi connectivity index (χ1) is 36.0. The van der Waals surface area contributed by atoms with Gasteiger partial charge >= 0.3 is 17.9 Å². The van der Waals surface area contributed by atoms with Crippen molar-refractivity contribution in [2.24, 2.45) is 0 Å². The van der Waals surface area contributed by atoms with E-state index in [4.69, 9.17) is 14.2 Å². The Morgan fingerprint density at radius 1 is 0.288 bits per heavy atom. The highest BCUT2D eigenvalue weighted by molar-refractivity contribution is 5.71. The molecular formula is C67H116O6. The van der Waals surface area contributed by atoms with Gasteiger partial charge in [0, 0.05) is 19.3 Å². The lowest BCUT2D eigenvalue weighted by atomic mass is 10.0. The van der Waals surface area contributed by atoms with E-state index in [1.165, 1.54) is 148 Å². The van der Waals surface area contributed by atoms with Gasteiger partial charge in [-0.25, -0.2) is 0 Å². The molecule has 0 amide bonds. The van der Waals surface area contributed by atoms with Crippen LogP contribution in [0.2, 0.25) is 0 Å². The number of esters is 3. The van der Waals surface area contributed by atoms with Crippen molar-refractivity contribution in [1.29, 1.82) is 0 Å². The van der Waals surface area contributed by atoms with Crippen LogP contribution in [0, 0.1) is 0 Å². The van der Waals surface area contributed by atoms with Crippen molar-refractivity contribution in [3.8, 4) is 0 Å². The molecule has 0 bridgehead atoms. The normalized spacial score (nSPS) is 12.6. The molecule has 0 spiro atoms. The van der Waals surface area contributed by atoms with E-state index in [0.29, 0.717) is 19.3 Å². The number of carbonyl (C=O) groups is 3. The molecule has 6 heteroatoms. The van der Waals surface area contributed by atoms with Gasteiger partial charge in [0.15, 0.2) is 6.10 Å². The highest BCUT2D eigenvalue weighted by atomic mass is 16.6. The van der Waals surface area contributed by atoms with Gasteiger partial charge in [0.1, 0.15) is 13.2 Å². The van der Waals surface area contributed by atoms with Crippen LogP contribution in [0.4, 0.5) is 0 Å². The van der Waals surface area contributed by atoms with Crippen molar-refractivity contribution in [2.45, 2.75) is 309 Å². The lowest BCUT2D eigenvalue weighted by molar-refractivity contribution is -0.167. The Bertz CT molecular complexity index is 1400. The predicted octanol–water partition coefficient (Wildman–Crippen LogP) is 21.1. The maximum atomic E-state index is 12.8. The van der Waals surface area contributed by atoms with Crippen molar-refractivity contribution in [3.05, 3.63) is 85.1 Å². The summed E-state index contributed by atoms with van der Waals surface area (Å²) in [4.78, 5) is 38.0. The molecule has 0 N–H and O–H groups in total. The molecule has 0 radical (unpaired) electrons. The largest absolute Gasteiger partial charge is 0.462 e. The van der Waals surface area contributed by atoms with Crippen LogP contribution in [-0.2, 0) is 28.6 Å². The summed E-state index contributed by atoms with van der Waals surface area (Å²) in [5.41, 5.74) is 0. The minimum absolute atomic E-state index is 0.0788. The highest BCUT2D eigenvalue weighted by Crippen LogP contribution is 2.16. The van der Waals surface area contributed by atoms with Crippen LogP contribution in [0.1, 0.15) is 303 Å². The zero-order chi connectivity index (χ0) is 52.9. The smallest absolute Gasteiger partial charge is 0.306 e. The second-order valence-corrected chi connectivity index (χ2v) is 20.6. The molecule has 0 aliphatic carbocycles. The average molecular weight is 1020 g/mol. The van der Waals surface area contributed by atoms with E-state index in [2.05, 4.69) is 106 Å². The second-order valence-electron chi connectivity index (χ2n) is 20.6. The van der Waals surface area contributed by atoms with Crippen molar-refractivity contribution >= 4 is 17.9 Å². The molecule has 0 aliphatic heterocycles. The molecule has 1 atom stereocenters. The van der Waals surface area contributed by atoms with Gasteiger partial charge in [0.05, 0.1) is 0 Å². The fourth-order valence-electron chi connectivity index (χ4n) is 8.74. The van der Waals surface area contributed by atoms with Crippen LogP contribution >= 0.6 is 0 Å². The Hall–Kier alpha value is -3.41. The van der Waals surface area contributed by atoms with E-state index >= 15 is 0 Å². The van der Waals surface area contributed by atoms with Crippen molar-refractivity contribution in [3.63, 3.8) is 0 Å². The van der Waals surface area contributed by atoms with Gasteiger partial charge in [0.2, 0.25) is 0 Å². The highest BCUT2D eigenvalue weighted by Gasteiger charge is 2.19. The maximum Gasteiger partial charge on any atom is 0.306 e. The zero-order valence-corrected chi connectivity index (χ0v) is 48.1. The van der Waals surface area contributed by atoms with Crippen molar-refractivity contribution < 1.29 is 28.6 Å². The van der Waals surface area contributed by atoms with Crippen LogP contribution in [-0.4, -0.2) is 37.2 Å². The van der Waals surface area contributed by atoms with Crippen LogP contribution in [0.15, 0.2) is 85.1 Å². The van der Waals surface area contributed by atoms with Crippen LogP contribution in [0.5, 0.6) is 0 Å². The quantitative estimate of drug-likeness (QED) is 0.0261. The van der Waals surface area contributed by atoms with Gasteiger partial charge in [-0.15, -0.1) is 0 Å². The predicted molar refractivity (Wildman–Crippen MR) is 316 cm³/mol. The third-order valence-electron chi connectivity index (χ3n) is 13.4. The molecule has 73 heavy (non-hydrogen) atoms. The molecule has 0 aromatic rings. The first-order valence-corrected chi connectivity index (χ1v) is 31.1. The molecular weight excluding hydrogens is 901 g/mol. The lowest BCUT2D eigenvalue weighted by Gasteiger charge is -2.18. The first-order valence-electron chi connectivity index (χ1n) is 31.1. The molecule has 0 fully saturated rings. The number of allylic oxidation sites excluding steroid dienone is 14. The zero-order valence-electron chi connectivity index (χ0n) is 48.1. The number of hydrogen-bond donors (Lipinski definition) is 0. The molecule has 0 heterocycles. The van der Waals surface area contributed by atoms with Crippen LogP contribution < -0.4 is 0 Å². The standard InChI is InChI=1S/C67H116O6/c1-4-7-10-13-16-19-21-23-25-27-28-29-30-31-32-33-34-35-36-37-38-39-40-41-43-44-46-48-51-54-57-60-66(69)72-63-64(62-71-65(68)59-56-53-50-18-15-12-9-6-3)73-67(70)61-58-55-52-49-47-45-42-26-24-22-20-17-14-11-8-5-2/h7,10,16,19-20,22-23,25-26,28-29,31-32,42,64H,4-6,8-9,11-15,17-18,21,24,27,30,33-41,43-63H2,1-3H3/b10-7-,19-16-,22-20-,25-23-,29-28-,32-31-,42-26-. The fraction of sp³-hybridized carbons (Fsp3) is 0.746. The Morgan fingerprint density at radius 2 is 0.534 bits per heavy atom. The molecule has 420 valence electrons.